The average Bonchev–Trinajstić information content (AvgIpc) is 3.36. The van der Waals surface area contributed by atoms with Crippen LogP contribution in [-0.4, -0.2) is 24.0 Å². The molecule has 1 aliphatic rings. The molecule has 2 aromatic rings. The van der Waals surface area contributed by atoms with Crippen molar-refractivity contribution in [3.05, 3.63) is 64.9 Å². The van der Waals surface area contributed by atoms with E-state index in [1.807, 2.05) is 30.3 Å². The van der Waals surface area contributed by atoms with Crippen molar-refractivity contribution in [2.45, 2.75) is 24.7 Å². The standard InChI is InChI=1S/C18H21ClN4.HI/c19-15-6-4-14(5-7-15)18(9-10-18)13-23-17(20)22-12-8-16-3-1-2-11-21-16;/h1-7,11H,8-10,12-13H2,(H3,20,22,23);1H. The summed E-state index contributed by atoms with van der Waals surface area (Å²) in [5.74, 6) is 0.501. The number of halogens is 2. The van der Waals surface area contributed by atoms with E-state index in [0.29, 0.717) is 5.96 Å². The highest BCUT2D eigenvalue weighted by Crippen LogP contribution is 2.48. The molecule has 3 rings (SSSR count). The Bertz CT molecular complexity index is 669. The number of aromatic nitrogens is 1. The highest BCUT2D eigenvalue weighted by atomic mass is 127. The molecule has 0 amide bonds. The molecule has 3 N–H and O–H groups in total. The number of nitrogens with zero attached hydrogens (tertiary/aromatic N) is 2. The second-order valence-corrected chi connectivity index (χ2v) is 6.42. The van der Waals surface area contributed by atoms with Crippen LogP contribution in [0.2, 0.25) is 5.02 Å². The molecular weight excluding hydrogens is 435 g/mol. The molecule has 1 fully saturated rings. The Labute approximate surface area is 164 Å². The maximum atomic E-state index is 5.97. The van der Waals surface area contributed by atoms with Gasteiger partial charge in [-0.05, 0) is 42.7 Å². The molecule has 0 saturated heterocycles. The van der Waals surface area contributed by atoms with Crippen LogP contribution in [0.4, 0.5) is 0 Å². The van der Waals surface area contributed by atoms with Gasteiger partial charge in [0, 0.05) is 35.3 Å². The topological polar surface area (TPSA) is 63.3 Å². The minimum absolute atomic E-state index is 0. The van der Waals surface area contributed by atoms with Crippen molar-refractivity contribution in [3.8, 4) is 0 Å². The first-order chi connectivity index (χ1) is 11.2. The van der Waals surface area contributed by atoms with Crippen molar-refractivity contribution in [3.63, 3.8) is 0 Å². The van der Waals surface area contributed by atoms with Gasteiger partial charge in [-0.2, -0.15) is 0 Å². The van der Waals surface area contributed by atoms with Crippen LogP contribution in [0.1, 0.15) is 24.1 Å². The van der Waals surface area contributed by atoms with Gasteiger partial charge in [-0.15, -0.1) is 24.0 Å². The number of aliphatic imine (C=N–C) groups is 1. The van der Waals surface area contributed by atoms with E-state index >= 15 is 0 Å². The second-order valence-electron chi connectivity index (χ2n) is 5.99. The molecule has 0 radical (unpaired) electrons. The first kappa shape index (κ1) is 19.0. The van der Waals surface area contributed by atoms with Crippen LogP contribution >= 0.6 is 35.6 Å². The molecule has 1 saturated carbocycles. The molecule has 0 atom stereocenters. The van der Waals surface area contributed by atoms with E-state index in [1.54, 1.807) is 6.20 Å². The second kappa shape index (κ2) is 8.67. The Morgan fingerprint density at radius 2 is 1.96 bits per heavy atom. The summed E-state index contributed by atoms with van der Waals surface area (Å²) in [6.45, 7) is 1.46. The summed E-state index contributed by atoms with van der Waals surface area (Å²) in [5, 5.41) is 3.93. The lowest BCUT2D eigenvalue weighted by molar-refractivity contribution is 0.699. The molecule has 1 heterocycles. The Hall–Kier alpha value is -1.34. The van der Waals surface area contributed by atoms with E-state index in [1.165, 1.54) is 5.56 Å². The van der Waals surface area contributed by atoms with Gasteiger partial charge in [0.05, 0.1) is 6.54 Å². The highest BCUT2D eigenvalue weighted by molar-refractivity contribution is 14.0. The summed E-state index contributed by atoms with van der Waals surface area (Å²) >= 11 is 5.95. The summed E-state index contributed by atoms with van der Waals surface area (Å²) < 4.78 is 0. The molecule has 1 aliphatic carbocycles. The van der Waals surface area contributed by atoms with E-state index in [0.717, 1.165) is 43.1 Å². The molecule has 128 valence electrons. The minimum Gasteiger partial charge on any atom is -0.370 e. The van der Waals surface area contributed by atoms with Crippen molar-refractivity contribution in [2.24, 2.45) is 10.7 Å². The Morgan fingerprint density at radius 1 is 1.21 bits per heavy atom. The molecule has 0 bridgehead atoms. The molecule has 0 spiro atoms. The van der Waals surface area contributed by atoms with Crippen molar-refractivity contribution in [1.82, 2.24) is 10.3 Å². The number of hydrogen-bond acceptors (Lipinski definition) is 2. The fourth-order valence-electron chi connectivity index (χ4n) is 2.65. The third kappa shape index (κ3) is 5.08. The van der Waals surface area contributed by atoms with Crippen LogP contribution in [0.5, 0.6) is 0 Å². The summed E-state index contributed by atoms with van der Waals surface area (Å²) in [4.78, 5) is 8.80. The van der Waals surface area contributed by atoms with Gasteiger partial charge in [0.25, 0.3) is 0 Å². The Kier molecular flexibility index (Phi) is 6.86. The number of hydrogen-bond donors (Lipinski definition) is 2. The fourth-order valence-corrected chi connectivity index (χ4v) is 2.78. The number of nitrogens with one attached hydrogen (secondary N) is 1. The maximum absolute atomic E-state index is 5.97. The van der Waals surface area contributed by atoms with E-state index in [9.17, 15) is 0 Å². The quantitative estimate of drug-likeness (QED) is 0.397. The fraction of sp³-hybridized carbons (Fsp3) is 0.333. The molecular formula is C18H22ClIN4. The van der Waals surface area contributed by atoms with E-state index in [4.69, 9.17) is 17.3 Å². The van der Waals surface area contributed by atoms with Crippen LogP contribution in [0.15, 0.2) is 53.7 Å². The highest BCUT2D eigenvalue weighted by Gasteiger charge is 2.44. The molecule has 0 aliphatic heterocycles. The number of guanidine groups is 1. The van der Waals surface area contributed by atoms with Gasteiger partial charge < -0.3 is 11.1 Å². The van der Waals surface area contributed by atoms with E-state index in [-0.39, 0.29) is 29.4 Å². The Morgan fingerprint density at radius 3 is 2.58 bits per heavy atom. The maximum Gasteiger partial charge on any atom is 0.188 e. The monoisotopic (exact) mass is 456 g/mol. The number of benzene rings is 1. The van der Waals surface area contributed by atoms with Crippen LogP contribution in [0.25, 0.3) is 0 Å². The van der Waals surface area contributed by atoms with Gasteiger partial charge in [0.15, 0.2) is 5.96 Å². The van der Waals surface area contributed by atoms with E-state index in [2.05, 4.69) is 27.4 Å². The van der Waals surface area contributed by atoms with Gasteiger partial charge >= 0.3 is 0 Å². The predicted molar refractivity (Wildman–Crippen MR) is 110 cm³/mol. The van der Waals surface area contributed by atoms with Gasteiger partial charge in [0.2, 0.25) is 0 Å². The van der Waals surface area contributed by atoms with Crippen LogP contribution in [-0.2, 0) is 11.8 Å². The van der Waals surface area contributed by atoms with Crippen molar-refractivity contribution in [1.29, 1.82) is 0 Å². The van der Waals surface area contributed by atoms with Crippen LogP contribution in [0, 0.1) is 0 Å². The summed E-state index contributed by atoms with van der Waals surface area (Å²) in [5.41, 5.74) is 8.47. The molecule has 0 unspecified atom stereocenters. The number of nitrogens with two attached hydrogens (primary N) is 1. The zero-order valence-electron chi connectivity index (χ0n) is 13.4. The smallest absolute Gasteiger partial charge is 0.188 e. The molecule has 1 aromatic heterocycles. The van der Waals surface area contributed by atoms with Crippen molar-refractivity contribution < 1.29 is 0 Å². The van der Waals surface area contributed by atoms with Crippen LogP contribution < -0.4 is 11.1 Å². The van der Waals surface area contributed by atoms with Gasteiger partial charge in [0.1, 0.15) is 0 Å². The van der Waals surface area contributed by atoms with Gasteiger partial charge in [-0.25, -0.2) is 0 Å². The molecule has 6 heteroatoms. The summed E-state index contributed by atoms with van der Waals surface area (Å²) in [6, 6.07) is 14.0. The van der Waals surface area contributed by atoms with Gasteiger partial charge in [-0.1, -0.05) is 29.8 Å². The number of rotatable bonds is 6. The molecule has 4 nitrogen and oxygen atoms in total. The SMILES string of the molecule is I.NC(=NCC1(c2ccc(Cl)cc2)CC1)NCCc1ccccn1. The van der Waals surface area contributed by atoms with Crippen molar-refractivity contribution in [2.75, 3.05) is 13.1 Å². The van der Waals surface area contributed by atoms with Crippen LogP contribution in [0.3, 0.4) is 0 Å². The zero-order chi connectivity index (χ0) is 16.1. The third-order valence-corrected chi connectivity index (χ3v) is 4.53. The third-order valence-electron chi connectivity index (χ3n) is 4.28. The Balaban J connectivity index is 0.00000208. The summed E-state index contributed by atoms with van der Waals surface area (Å²) in [7, 11) is 0. The lowest BCUT2D eigenvalue weighted by Crippen LogP contribution is -2.34. The van der Waals surface area contributed by atoms with E-state index < -0.39 is 0 Å². The molecule has 24 heavy (non-hydrogen) atoms. The predicted octanol–water partition coefficient (Wildman–Crippen LogP) is 3.53. The van der Waals surface area contributed by atoms with Crippen molar-refractivity contribution >= 4 is 41.5 Å². The zero-order valence-corrected chi connectivity index (χ0v) is 16.5. The lowest BCUT2D eigenvalue weighted by atomic mass is 9.96. The first-order valence-electron chi connectivity index (χ1n) is 7.88. The number of pyridine rings is 1. The average molecular weight is 457 g/mol. The normalized spacial score (nSPS) is 15.5. The largest absolute Gasteiger partial charge is 0.370 e. The molecule has 1 aromatic carbocycles. The lowest BCUT2D eigenvalue weighted by Gasteiger charge is -2.14. The minimum atomic E-state index is 0. The van der Waals surface area contributed by atoms with Gasteiger partial charge in [-0.3, -0.25) is 9.98 Å². The first-order valence-corrected chi connectivity index (χ1v) is 8.26. The summed E-state index contributed by atoms with van der Waals surface area (Å²) in [6.07, 6.45) is 4.94.